The number of aromatic nitrogens is 2. The van der Waals surface area contributed by atoms with Gasteiger partial charge in [-0.2, -0.15) is 0 Å². The molecular weight excluding hydrogens is 283 g/mol. The van der Waals surface area contributed by atoms with Crippen molar-refractivity contribution < 1.29 is 17.7 Å². The van der Waals surface area contributed by atoms with Crippen molar-refractivity contribution in [3.8, 4) is 22.5 Å². The molecule has 0 unspecified atom stereocenters. The summed E-state index contributed by atoms with van der Waals surface area (Å²) in [5.41, 5.74) is 6.23. The van der Waals surface area contributed by atoms with Crippen molar-refractivity contribution in [1.82, 2.24) is 10.1 Å². The monoisotopic (exact) mass is 291 g/mol. The Bertz CT molecular complexity index is 803. The lowest BCUT2D eigenvalue weighted by Crippen LogP contribution is -1.95. The molecule has 0 aliphatic rings. The van der Waals surface area contributed by atoms with Crippen molar-refractivity contribution in [2.75, 3.05) is 5.73 Å². The number of benzene rings is 1. The summed E-state index contributed by atoms with van der Waals surface area (Å²) in [6.45, 7) is 0. The molecule has 0 fully saturated rings. The van der Waals surface area contributed by atoms with Crippen molar-refractivity contribution in [1.29, 1.82) is 0 Å². The number of halogens is 3. The van der Waals surface area contributed by atoms with Gasteiger partial charge in [0.2, 0.25) is 0 Å². The normalized spacial score (nSPS) is 10.8. The van der Waals surface area contributed by atoms with Crippen LogP contribution < -0.4 is 5.73 Å². The smallest absolute Gasteiger partial charge is 0.195 e. The van der Waals surface area contributed by atoms with Gasteiger partial charge in [0, 0.05) is 18.0 Å². The number of anilines is 1. The van der Waals surface area contributed by atoms with Crippen LogP contribution in [0.3, 0.4) is 0 Å². The van der Waals surface area contributed by atoms with Gasteiger partial charge in [-0.1, -0.05) is 11.2 Å². The van der Waals surface area contributed by atoms with E-state index in [0.717, 1.165) is 12.1 Å². The van der Waals surface area contributed by atoms with Crippen molar-refractivity contribution in [2.24, 2.45) is 0 Å². The average molecular weight is 291 g/mol. The lowest BCUT2D eigenvalue weighted by Gasteiger charge is -2.04. The lowest BCUT2D eigenvalue weighted by atomic mass is 10.0. The minimum atomic E-state index is -1.58. The minimum Gasteiger partial charge on any atom is -0.380 e. The van der Waals surface area contributed by atoms with Crippen LogP contribution in [0.15, 0.2) is 41.2 Å². The molecule has 1 aromatic carbocycles. The van der Waals surface area contributed by atoms with Gasteiger partial charge >= 0.3 is 0 Å². The van der Waals surface area contributed by atoms with E-state index in [1.54, 1.807) is 18.3 Å². The molecule has 7 heteroatoms. The van der Waals surface area contributed by atoms with Crippen molar-refractivity contribution in [2.45, 2.75) is 0 Å². The summed E-state index contributed by atoms with van der Waals surface area (Å²) in [6, 6.07) is 5.18. The zero-order valence-corrected chi connectivity index (χ0v) is 10.5. The number of rotatable bonds is 2. The summed E-state index contributed by atoms with van der Waals surface area (Å²) in [5.74, 6) is -4.32. The van der Waals surface area contributed by atoms with Gasteiger partial charge in [-0.25, -0.2) is 13.2 Å². The van der Waals surface area contributed by atoms with Crippen LogP contribution in [0.5, 0.6) is 0 Å². The maximum atomic E-state index is 13.9. The van der Waals surface area contributed by atoms with Crippen molar-refractivity contribution in [3.05, 3.63) is 54.1 Å². The summed E-state index contributed by atoms with van der Waals surface area (Å²) in [7, 11) is 0. The highest BCUT2D eigenvalue weighted by Gasteiger charge is 2.23. The van der Waals surface area contributed by atoms with E-state index in [4.69, 9.17) is 10.3 Å². The Labute approximate surface area is 117 Å². The average Bonchev–Trinajstić information content (AvgIpc) is 2.87. The summed E-state index contributed by atoms with van der Waals surface area (Å²) < 4.78 is 45.2. The highest BCUT2D eigenvalue weighted by Crippen LogP contribution is 2.37. The predicted octanol–water partition coefficient (Wildman–Crippen LogP) is 3.40. The van der Waals surface area contributed by atoms with Gasteiger partial charge < -0.3 is 10.3 Å². The molecule has 0 spiro atoms. The van der Waals surface area contributed by atoms with Crippen LogP contribution in [0.1, 0.15) is 0 Å². The lowest BCUT2D eigenvalue weighted by molar-refractivity contribution is 0.423. The molecule has 0 radical (unpaired) electrons. The Morgan fingerprint density at radius 3 is 2.57 bits per heavy atom. The molecule has 0 saturated heterocycles. The molecule has 2 heterocycles. The molecule has 0 atom stereocenters. The van der Waals surface area contributed by atoms with Crippen LogP contribution in [0.25, 0.3) is 22.5 Å². The number of nitrogens with two attached hydrogens (primary N) is 1. The minimum absolute atomic E-state index is 0.00198. The third-order valence-corrected chi connectivity index (χ3v) is 2.95. The summed E-state index contributed by atoms with van der Waals surface area (Å²) in [5, 5.41) is 3.55. The zero-order valence-electron chi connectivity index (χ0n) is 10.5. The first kappa shape index (κ1) is 13.2. The van der Waals surface area contributed by atoms with Gasteiger partial charge in [0.25, 0.3) is 0 Å². The molecule has 0 amide bonds. The van der Waals surface area contributed by atoms with Crippen LogP contribution in [-0.4, -0.2) is 10.1 Å². The van der Waals surface area contributed by atoms with E-state index in [9.17, 15) is 13.2 Å². The molecule has 0 saturated carbocycles. The third kappa shape index (κ3) is 2.12. The highest BCUT2D eigenvalue weighted by molar-refractivity contribution is 5.86. The second-order valence-corrected chi connectivity index (χ2v) is 4.24. The van der Waals surface area contributed by atoms with Crippen LogP contribution in [0.2, 0.25) is 0 Å². The first-order valence-electron chi connectivity index (χ1n) is 5.89. The van der Waals surface area contributed by atoms with Gasteiger partial charge in [-0.3, -0.25) is 4.98 Å². The fourth-order valence-corrected chi connectivity index (χ4v) is 1.98. The van der Waals surface area contributed by atoms with E-state index in [2.05, 4.69) is 10.1 Å². The molecular formula is C14H8F3N3O. The van der Waals surface area contributed by atoms with Gasteiger partial charge in [0.1, 0.15) is 0 Å². The fraction of sp³-hybridized carbons (Fsp3) is 0. The molecule has 106 valence electrons. The summed E-state index contributed by atoms with van der Waals surface area (Å²) >= 11 is 0. The van der Waals surface area contributed by atoms with Gasteiger partial charge in [0.05, 0.1) is 11.1 Å². The van der Waals surface area contributed by atoms with E-state index >= 15 is 0 Å². The van der Waals surface area contributed by atoms with E-state index in [0.29, 0.717) is 5.56 Å². The topological polar surface area (TPSA) is 64.9 Å². The number of hydrogen-bond donors (Lipinski definition) is 1. The first-order chi connectivity index (χ1) is 10.1. The SMILES string of the molecule is Nc1noc(-c2ccc(F)c(F)c2F)c1-c1cccnc1. The van der Waals surface area contributed by atoms with E-state index < -0.39 is 17.5 Å². The number of nitrogen functional groups attached to an aromatic ring is 1. The molecule has 2 aromatic heterocycles. The maximum absolute atomic E-state index is 13.9. The first-order valence-corrected chi connectivity index (χ1v) is 5.89. The van der Waals surface area contributed by atoms with Crippen LogP contribution in [0, 0.1) is 17.5 Å². The van der Waals surface area contributed by atoms with E-state index in [1.165, 1.54) is 6.20 Å². The third-order valence-electron chi connectivity index (χ3n) is 2.95. The Balaban J connectivity index is 2.24. The molecule has 21 heavy (non-hydrogen) atoms. The van der Waals surface area contributed by atoms with E-state index in [1.807, 2.05) is 0 Å². The van der Waals surface area contributed by atoms with Crippen LogP contribution in [0.4, 0.5) is 19.0 Å². The fourth-order valence-electron chi connectivity index (χ4n) is 1.98. The standard InChI is InChI=1S/C14H8F3N3O/c15-9-4-3-8(11(16)12(9)17)13-10(14(18)20-21-13)7-2-1-5-19-6-7/h1-6H,(H2,18,20). The molecule has 4 nitrogen and oxygen atoms in total. The Morgan fingerprint density at radius 1 is 1.05 bits per heavy atom. The van der Waals surface area contributed by atoms with Crippen molar-refractivity contribution >= 4 is 5.82 Å². The van der Waals surface area contributed by atoms with Gasteiger partial charge in [-0.05, 0) is 18.2 Å². The Morgan fingerprint density at radius 2 is 1.86 bits per heavy atom. The summed E-state index contributed by atoms with van der Waals surface area (Å²) in [6.07, 6.45) is 3.02. The molecule has 3 rings (SSSR count). The molecule has 0 aliphatic heterocycles. The Hall–Kier alpha value is -2.83. The summed E-state index contributed by atoms with van der Waals surface area (Å²) in [4.78, 5) is 3.92. The molecule has 0 bridgehead atoms. The number of hydrogen-bond acceptors (Lipinski definition) is 4. The van der Waals surface area contributed by atoms with E-state index in [-0.39, 0.29) is 22.7 Å². The quantitative estimate of drug-likeness (QED) is 0.735. The predicted molar refractivity (Wildman–Crippen MR) is 69.5 cm³/mol. The maximum Gasteiger partial charge on any atom is 0.195 e. The molecule has 3 aromatic rings. The Kier molecular flexibility index (Phi) is 3.09. The van der Waals surface area contributed by atoms with Gasteiger partial charge in [-0.15, -0.1) is 0 Å². The molecule has 2 N–H and O–H groups in total. The highest BCUT2D eigenvalue weighted by atomic mass is 19.2. The second-order valence-electron chi connectivity index (χ2n) is 4.24. The van der Waals surface area contributed by atoms with Gasteiger partial charge in [0.15, 0.2) is 29.0 Å². The van der Waals surface area contributed by atoms with Crippen molar-refractivity contribution in [3.63, 3.8) is 0 Å². The number of pyridine rings is 1. The van der Waals surface area contributed by atoms with Crippen LogP contribution in [-0.2, 0) is 0 Å². The zero-order chi connectivity index (χ0) is 15.0. The number of nitrogens with zero attached hydrogens (tertiary/aromatic N) is 2. The largest absolute Gasteiger partial charge is 0.380 e. The molecule has 0 aliphatic carbocycles. The second kappa shape index (κ2) is 4.93. The van der Waals surface area contributed by atoms with Crippen LogP contribution >= 0.6 is 0 Å².